The molecule has 33 heavy (non-hydrogen) atoms. The predicted molar refractivity (Wildman–Crippen MR) is 122 cm³/mol. The van der Waals surface area contributed by atoms with E-state index in [4.69, 9.17) is 13.9 Å². The largest absolute Gasteiger partial charge is 0.451 e. The molecule has 0 radical (unpaired) electrons. The van der Waals surface area contributed by atoms with Gasteiger partial charge in [-0.1, -0.05) is 13.8 Å². The zero-order valence-corrected chi connectivity index (χ0v) is 20.3. The lowest BCUT2D eigenvalue weighted by Gasteiger charge is -2.37. The fourth-order valence-electron chi connectivity index (χ4n) is 5.50. The van der Waals surface area contributed by atoms with E-state index in [1.54, 1.807) is 27.4 Å². The van der Waals surface area contributed by atoms with Gasteiger partial charge in [0.15, 0.2) is 11.5 Å². The number of hydrogen-bond donors (Lipinski definition) is 0. The lowest BCUT2D eigenvalue weighted by atomic mass is 9.94. The summed E-state index contributed by atoms with van der Waals surface area (Å²) in [5.74, 6) is 0.196. The van der Waals surface area contributed by atoms with Gasteiger partial charge < -0.3 is 18.8 Å². The van der Waals surface area contributed by atoms with E-state index in [9.17, 15) is 13.2 Å². The zero-order valence-electron chi connectivity index (χ0n) is 19.5. The van der Waals surface area contributed by atoms with Gasteiger partial charge in [0.05, 0.1) is 18.1 Å². The molecule has 9 heteroatoms. The molecule has 0 bridgehead atoms. The van der Waals surface area contributed by atoms with Gasteiger partial charge in [-0.25, -0.2) is 8.42 Å². The maximum atomic E-state index is 13.3. The first-order chi connectivity index (χ1) is 15.7. The van der Waals surface area contributed by atoms with Crippen LogP contribution in [0.3, 0.4) is 0 Å². The Balaban J connectivity index is 1.39. The topological polar surface area (TPSA) is 89.3 Å². The summed E-state index contributed by atoms with van der Waals surface area (Å²) in [5, 5.41) is 0.661. The molecule has 0 N–H and O–H groups in total. The number of amides is 1. The number of rotatable bonds is 3. The van der Waals surface area contributed by atoms with Crippen LogP contribution in [-0.4, -0.2) is 68.7 Å². The Morgan fingerprint density at radius 3 is 2.33 bits per heavy atom. The number of sulfonamides is 1. The van der Waals surface area contributed by atoms with Crippen molar-refractivity contribution in [3.8, 4) is 0 Å². The number of benzene rings is 1. The average molecular weight is 477 g/mol. The van der Waals surface area contributed by atoms with E-state index in [1.165, 1.54) is 0 Å². The SMILES string of the molecule is Cc1c(C(=O)N2CCC3(CC2)OCCO3)oc2ccc(S(=O)(=O)N3C[C@H](C)C[C@H](C)C3)cc12. The van der Waals surface area contributed by atoms with Crippen LogP contribution in [0.2, 0.25) is 0 Å². The summed E-state index contributed by atoms with van der Waals surface area (Å²) in [5.41, 5.74) is 1.19. The minimum absolute atomic E-state index is 0.181. The summed E-state index contributed by atoms with van der Waals surface area (Å²) in [6.07, 6.45) is 2.30. The molecule has 8 nitrogen and oxygen atoms in total. The first kappa shape index (κ1) is 22.8. The van der Waals surface area contributed by atoms with E-state index in [1.807, 2.05) is 6.92 Å². The smallest absolute Gasteiger partial charge is 0.289 e. The van der Waals surface area contributed by atoms with Crippen molar-refractivity contribution in [3.05, 3.63) is 29.5 Å². The molecule has 0 aliphatic carbocycles. The number of piperidine rings is 2. The summed E-state index contributed by atoms with van der Waals surface area (Å²) in [7, 11) is -3.61. The van der Waals surface area contributed by atoms with Crippen LogP contribution in [0.25, 0.3) is 11.0 Å². The normalized spacial score (nSPS) is 26.3. The number of ether oxygens (including phenoxy) is 2. The van der Waals surface area contributed by atoms with Gasteiger partial charge >= 0.3 is 0 Å². The third-order valence-corrected chi connectivity index (χ3v) is 9.03. The molecule has 180 valence electrons. The van der Waals surface area contributed by atoms with Gasteiger partial charge in [-0.15, -0.1) is 0 Å². The third kappa shape index (κ3) is 4.09. The van der Waals surface area contributed by atoms with Crippen LogP contribution in [0.5, 0.6) is 0 Å². The highest BCUT2D eigenvalue weighted by Crippen LogP contribution is 2.34. The number of hydrogen-bond acceptors (Lipinski definition) is 6. The van der Waals surface area contributed by atoms with Gasteiger partial charge in [-0.2, -0.15) is 4.31 Å². The first-order valence-corrected chi connectivity index (χ1v) is 13.2. The average Bonchev–Trinajstić information content (AvgIpc) is 3.37. The number of likely N-dealkylation sites (tertiary alicyclic amines) is 1. The van der Waals surface area contributed by atoms with E-state index in [0.717, 1.165) is 6.42 Å². The zero-order chi connectivity index (χ0) is 23.4. The van der Waals surface area contributed by atoms with Gasteiger partial charge in [0.2, 0.25) is 10.0 Å². The maximum Gasteiger partial charge on any atom is 0.289 e. The van der Waals surface area contributed by atoms with Crippen molar-refractivity contribution in [2.45, 2.75) is 50.7 Å². The molecule has 3 saturated heterocycles. The molecule has 3 aliphatic rings. The molecule has 1 aromatic carbocycles. The summed E-state index contributed by atoms with van der Waals surface area (Å²) in [4.78, 5) is 15.2. The first-order valence-electron chi connectivity index (χ1n) is 11.8. The van der Waals surface area contributed by atoms with Crippen LogP contribution in [0.15, 0.2) is 27.5 Å². The molecule has 2 aromatic rings. The lowest BCUT2D eigenvalue weighted by Crippen LogP contribution is -2.47. The quantitative estimate of drug-likeness (QED) is 0.675. The molecule has 0 unspecified atom stereocenters. The van der Waals surface area contributed by atoms with Crippen LogP contribution in [-0.2, 0) is 19.5 Å². The predicted octanol–water partition coefficient (Wildman–Crippen LogP) is 3.39. The van der Waals surface area contributed by atoms with Crippen LogP contribution < -0.4 is 0 Å². The number of carbonyl (C=O) groups is 1. The van der Waals surface area contributed by atoms with Crippen molar-refractivity contribution < 1.29 is 27.1 Å². The van der Waals surface area contributed by atoms with Crippen molar-refractivity contribution in [3.63, 3.8) is 0 Å². The molecule has 2 atom stereocenters. The van der Waals surface area contributed by atoms with Crippen molar-refractivity contribution in [2.24, 2.45) is 11.8 Å². The van der Waals surface area contributed by atoms with E-state index in [-0.39, 0.29) is 16.6 Å². The van der Waals surface area contributed by atoms with Gasteiger partial charge in [0.1, 0.15) is 5.58 Å². The molecule has 4 heterocycles. The van der Waals surface area contributed by atoms with Gasteiger partial charge in [-0.05, 0) is 43.4 Å². The van der Waals surface area contributed by atoms with Gasteiger partial charge in [-0.3, -0.25) is 4.79 Å². The molecule has 1 amide bonds. The monoisotopic (exact) mass is 476 g/mol. The summed E-state index contributed by atoms with van der Waals surface area (Å²) < 4.78 is 45.7. The molecule has 0 saturated carbocycles. The summed E-state index contributed by atoms with van der Waals surface area (Å²) in [6, 6.07) is 4.89. The third-order valence-electron chi connectivity index (χ3n) is 7.20. The van der Waals surface area contributed by atoms with E-state index >= 15 is 0 Å². The molecule has 1 aromatic heterocycles. The maximum absolute atomic E-state index is 13.3. The highest BCUT2D eigenvalue weighted by atomic mass is 32.2. The van der Waals surface area contributed by atoms with E-state index in [0.29, 0.717) is 80.6 Å². The van der Waals surface area contributed by atoms with Crippen LogP contribution >= 0.6 is 0 Å². The van der Waals surface area contributed by atoms with Gasteiger partial charge in [0.25, 0.3) is 5.91 Å². The van der Waals surface area contributed by atoms with Crippen LogP contribution in [0.1, 0.15) is 49.2 Å². The molecular formula is C24H32N2O6S. The molecular weight excluding hydrogens is 444 g/mol. The summed E-state index contributed by atoms with van der Waals surface area (Å²) in [6.45, 7) is 9.30. The number of nitrogens with zero attached hydrogens (tertiary/aromatic N) is 2. The highest BCUT2D eigenvalue weighted by molar-refractivity contribution is 7.89. The van der Waals surface area contributed by atoms with E-state index in [2.05, 4.69) is 13.8 Å². The fraction of sp³-hybridized carbons (Fsp3) is 0.625. The standard InChI is InChI=1S/C24H32N2O6S/c1-16-12-17(2)15-26(14-16)33(28,29)19-4-5-21-20(13-19)18(3)22(32-21)23(27)25-8-6-24(7-9-25)30-10-11-31-24/h4-5,13,16-17H,6-12,14-15H2,1-3H3/t16-,17+. The van der Waals surface area contributed by atoms with Crippen molar-refractivity contribution in [1.82, 2.24) is 9.21 Å². The highest BCUT2D eigenvalue weighted by Gasteiger charge is 2.41. The second kappa shape index (κ2) is 8.37. The Morgan fingerprint density at radius 2 is 1.70 bits per heavy atom. The molecule has 3 aliphatic heterocycles. The fourth-order valence-corrected chi connectivity index (χ4v) is 7.20. The Kier molecular flexibility index (Phi) is 5.79. The van der Waals surface area contributed by atoms with Crippen LogP contribution in [0.4, 0.5) is 0 Å². The van der Waals surface area contributed by atoms with Crippen molar-refractivity contribution >= 4 is 26.9 Å². The minimum Gasteiger partial charge on any atom is -0.451 e. The molecule has 5 rings (SSSR count). The number of aryl methyl sites for hydroxylation is 1. The Labute approximate surface area is 194 Å². The molecule has 1 spiro atoms. The molecule has 3 fully saturated rings. The number of furan rings is 1. The second-order valence-corrected chi connectivity index (χ2v) is 11.8. The van der Waals surface area contributed by atoms with Crippen molar-refractivity contribution in [2.75, 3.05) is 39.4 Å². The number of carbonyl (C=O) groups excluding carboxylic acids is 1. The van der Waals surface area contributed by atoms with Crippen molar-refractivity contribution in [1.29, 1.82) is 0 Å². The van der Waals surface area contributed by atoms with Gasteiger partial charge in [0, 0.05) is 50.0 Å². The lowest BCUT2D eigenvalue weighted by molar-refractivity contribution is -0.181. The Bertz CT molecular complexity index is 1150. The van der Waals surface area contributed by atoms with E-state index < -0.39 is 15.8 Å². The Morgan fingerprint density at radius 1 is 1.06 bits per heavy atom. The summed E-state index contributed by atoms with van der Waals surface area (Å²) >= 11 is 0. The second-order valence-electron chi connectivity index (χ2n) is 9.88. The van der Waals surface area contributed by atoms with Crippen LogP contribution in [0, 0.1) is 18.8 Å². The Hall–Kier alpha value is -1.94. The number of fused-ring (bicyclic) bond motifs is 1. The minimum atomic E-state index is -3.61.